The molecule has 0 aliphatic carbocycles. The number of nitrogens with zero attached hydrogens (tertiary/aromatic N) is 2. The van der Waals surface area contributed by atoms with Crippen LogP contribution in [0.1, 0.15) is 17.3 Å². The highest BCUT2D eigenvalue weighted by Gasteiger charge is 2.19. The molecular formula is C22H21ClN2O2S. The smallest absolute Gasteiger partial charge is 0.253 e. The van der Waals surface area contributed by atoms with Gasteiger partial charge in [0.25, 0.3) is 5.91 Å². The first-order valence-corrected chi connectivity index (χ1v) is 10.9. The Kier molecular flexibility index (Phi) is 5.74. The second kappa shape index (κ2) is 8.41. The van der Waals surface area contributed by atoms with Crippen molar-refractivity contribution >= 4 is 40.2 Å². The minimum atomic E-state index is 0.0727. The van der Waals surface area contributed by atoms with Gasteiger partial charge in [0.2, 0.25) is 0 Å². The summed E-state index contributed by atoms with van der Waals surface area (Å²) in [4.78, 5) is 19.6. The van der Waals surface area contributed by atoms with Crippen LogP contribution in [-0.4, -0.2) is 47.0 Å². The van der Waals surface area contributed by atoms with Crippen molar-refractivity contribution in [3.05, 3.63) is 59.1 Å². The third-order valence-corrected chi connectivity index (χ3v) is 5.91. The van der Waals surface area contributed by atoms with Gasteiger partial charge >= 0.3 is 0 Å². The molecule has 3 aromatic rings. The fourth-order valence-corrected chi connectivity index (χ4v) is 4.44. The van der Waals surface area contributed by atoms with Crippen LogP contribution in [0, 0.1) is 0 Å². The van der Waals surface area contributed by atoms with Crippen LogP contribution in [0.5, 0.6) is 5.75 Å². The lowest BCUT2D eigenvalue weighted by Crippen LogP contribution is -2.37. The molecule has 1 saturated heterocycles. The van der Waals surface area contributed by atoms with Crippen LogP contribution >= 0.6 is 23.4 Å². The Balaban J connectivity index is 1.76. The summed E-state index contributed by atoms with van der Waals surface area (Å²) in [6.07, 6.45) is 0. The van der Waals surface area contributed by atoms with Gasteiger partial charge in [-0.2, -0.15) is 11.8 Å². The molecule has 0 atom stereocenters. The molecule has 144 valence electrons. The Morgan fingerprint density at radius 3 is 2.75 bits per heavy atom. The van der Waals surface area contributed by atoms with Gasteiger partial charge in [-0.1, -0.05) is 23.7 Å². The number of rotatable bonds is 4. The minimum absolute atomic E-state index is 0.0727. The van der Waals surface area contributed by atoms with Gasteiger partial charge in [0.15, 0.2) is 0 Å². The second-order valence-corrected chi connectivity index (χ2v) is 8.25. The third kappa shape index (κ3) is 3.96. The third-order valence-electron chi connectivity index (χ3n) is 4.74. The fourth-order valence-electron chi connectivity index (χ4n) is 3.35. The number of ether oxygens (including phenoxy) is 1. The number of carbonyl (C=O) groups is 1. The maximum Gasteiger partial charge on any atom is 0.253 e. The van der Waals surface area contributed by atoms with Crippen molar-refractivity contribution < 1.29 is 9.53 Å². The van der Waals surface area contributed by atoms with Crippen molar-refractivity contribution in [3.63, 3.8) is 0 Å². The lowest BCUT2D eigenvalue weighted by atomic mass is 10.1. The number of aromatic nitrogens is 1. The Morgan fingerprint density at radius 2 is 2.00 bits per heavy atom. The first-order valence-electron chi connectivity index (χ1n) is 9.36. The molecule has 2 heterocycles. The molecule has 2 aromatic carbocycles. The lowest BCUT2D eigenvalue weighted by Gasteiger charge is -2.26. The minimum Gasteiger partial charge on any atom is -0.493 e. The zero-order chi connectivity index (χ0) is 19.5. The van der Waals surface area contributed by atoms with Crippen LogP contribution in [0.15, 0.2) is 48.5 Å². The van der Waals surface area contributed by atoms with E-state index >= 15 is 0 Å². The molecule has 4 nitrogen and oxygen atoms in total. The van der Waals surface area contributed by atoms with E-state index in [1.165, 1.54) is 0 Å². The van der Waals surface area contributed by atoms with Gasteiger partial charge in [-0.15, -0.1) is 0 Å². The molecule has 1 amide bonds. The number of amides is 1. The van der Waals surface area contributed by atoms with Crippen LogP contribution in [0.2, 0.25) is 5.02 Å². The van der Waals surface area contributed by atoms with Crippen LogP contribution in [0.25, 0.3) is 22.2 Å². The van der Waals surface area contributed by atoms with Crippen LogP contribution < -0.4 is 4.74 Å². The van der Waals surface area contributed by atoms with Crippen molar-refractivity contribution in [2.24, 2.45) is 0 Å². The maximum atomic E-state index is 12.9. The fraction of sp³-hybridized carbons (Fsp3) is 0.273. The predicted molar refractivity (Wildman–Crippen MR) is 117 cm³/mol. The van der Waals surface area contributed by atoms with E-state index in [0.717, 1.165) is 52.5 Å². The van der Waals surface area contributed by atoms with E-state index in [9.17, 15) is 4.79 Å². The molecule has 0 unspecified atom stereocenters. The number of halogens is 1. The van der Waals surface area contributed by atoms with Gasteiger partial charge in [0.1, 0.15) is 5.75 Å². The first-order chi connectivity index (χ1) is 13.7. The zero-order valence-corrected chi connectivity index (χ0v) is 17.2. The molecule has 6 heteroatoms. The first kappa shape index (κ1) is 19.1. The van der Waals surface area contributed by atoms with Gasteiger partial charge < -0.3 is 9.64 Å². The highest BCUT2D eigenvalue weighted by Crippen LogP contribution is 2.32. The van der Waals surface area contributed by atoms with Crippen molar-refractivity contribution in [1.29, 1.82) is 0 Å². The summed E-state index contributed by atoms with van der Waals surface area (Å²) in [5.74, 6) is 2.79. The van der Waals surface area contributed by atoms with Crippen molar-refractivity contribution in [2.75, 3.05) is 31.2 Å². The number of fused-ring (bicyclic) bond motifs is 1. The topological polar surface area (TPSA) is 42.4 Å². The molecule has 0 spiro atoms. The molecule has 4 rings (SSSR count). The van der Waals surface area contributed by atoms with E-state index in [4.69, 9.17) is 21.3 Å². The molecule has 1 aliphatic rings. The average molecular weight is 413 g/mol. The van der Waals surface area contributed by atoms with E-state index in [0.29, 0.717) is 17.2 Å². The van der Waals surface area contributed by atoms with Crippen LogP contribution in [-0.2, 0) is 0 Å². The Bertz CT molecular complexity index is 1020. The number of pyridine rings is 1. The Labute approximate surface area is 173 Å². The number of hydrogen-bond acceptors (Lipinski definition) is 4. The number of benzene rings is 2. The number of hydrogen-bond donors (Lipinski definition) is 0. The summed E-state index contributed by atoms with van der Waals surface area (Å²) in [6.45, 7) is 4.08. The van der Waals surface area contributed by atoms with Gasteiger partial charge in [-0.25, -0.2) is 4.98 Å². The molecule has 1 fully saturated rings. The Hall–Kier alpha value is -2.24. The summed E-state index contributed by atoms with van der Waals surface area (Å²) < 4.78 is 5.89. The molecule has 28 heavy (non-hydrogen) atoms. The quantitative estimate of drug-likeness (QED) is 0.594. The van der Waals surface area contributed by atoms with Crippen LogP contribution in [0.3, 0.4) is 0 Å². The van der Waals surface area contributed by atoms with Crippen molar-refractivity contribution in [2.45, 2.75) is 6.92 Å². The number of thioether (sulfide) groups is 1. The maximum absolute atomic E-state index is 12.9. The molecule has 1 aliphatic heterocycles. The summed E-state index contributed by atoms with van der Waals surface area (Å²) in [5, 5.41) is 1.52. The number of carbonyl (C=O) groups excluding carboxylic acids is 1. The molecule has 1 aromatic heterocycles. The molecule has 0 N–H and O–H groups in total. The summed E-state index contributed by atoms with van der Waals surface area (Å²) in [6, 6.07) is 15.2. The van der Waals surface area contributed by atoms with Crippen molar-refractivity contribution in [3.8, 4) is 17.0 Å². The summed E-state index contributed by atoms with van der Waals surface area (Å²) in [5.41, 5.74) is 3.20. The highest BCUT2D eigenvalue weighted by atomic mass is 35.5. The molecular weight excluding hydrogens is 392 g/mol. The van der Waals surface area contributed by atoms with Crippen LogP contribution in [0.4, 0.5) is 0 Å². The van der Waals surface area contributed by atoms with E-state index < -0.39 is 0 Å². The normalized spacial score (nSPS) is 14.3. The largest absolute Gasteiger partial charge is 0.493 e. The second-order valence-electron chi connectivity index (χ2n) is 6.59. The molecule has 0 bridgehead atoms. The SMILES string of the molecule is CCOc1cc(-c2cccc(Cl)c2)nc2ccc(C(=O)N3CCSCC3)cc12. The average Bonchev–Trinajstić information content (AvgIpc) is 2.73. The Morgan fingerprint density at radius 1 is 1.18 bits per heavy atom. The van der Waals surface area contributed by atoms with E-state index in [2.05, 4.69) is 0 Å². The molecule has 0 radical (unpaired) electrons. The molecule has 0 saturated carbocycles. The van der Waals surface area contributed by atoms with E-state index in [-0.39, 0.29) is 5.91 Å². The zero-order valence-electron chi connectivity index (χ0n) is 15.7. The van der Waals surface area contributed by atoms with Gasteiger partial charge in [-0.05, 0) is 37.3 Å². The summed E-state index contributed by atoms with van der Waals surface area (Å²) >= 11 is 8.03. The standard InChI is InChI=1S/C22H21ClN2O2S/c1-2-27-21-14-20(15-4-3-5-17(23)12-15)24-19-7-6-16(13-18(19)21)22(26)25-8-10-28-11-9-25/h3-7,12-14H,2,8-11H2,1H3. The highest BCUT2D eigenvalue weighted by molar-refractivity contribution is 7.99. The van der Waals surface area contributed by atoms with Crippen molar-refractivity contribution in [1.82, 2.24) is 9.88 Å². The summed E-state index contributed by atoms with van der Waals surface area (Å²) in [7, 11) is 0. The van der Waals surface area contributed by atoms with E-state index in [1.54, 1.807) is 0 Å². The monoisotopic (exact) mass is 412 g/mol. The van der Waals surface area contributed by atoms with Gasteiger partial charge in [-0.3, -0.25) is 4.79 Å². The van der Waals surface area contributed by atoms with E-state index in [1.807, 2.05) is 72.1 Å². The van der Waals surface area contributed by atoms with Gasteiger partial charge in [0, 0.05) is 52.2 Å². The van der Waals surface area contributed by atoms with Gasteiger partial charge in [0.05, 0.1) is 17.8 Å². The lowest BCUT2D eigenvalue weighted by molar-refractivity contribution is 0.0772. The predicted octanol–water partition coefficient (Wildman–Crippen LogP) is 5.14.